The second kappa shape index (κ2) is 5.64. The van der Waals surface area contributed by atoms with Gasteiger partial charge in [-0.3, -0.25) is 4.72 Å². The van der Waals surface area contributed by atoms with Crippen molar-refractivity contribution in [2.45, 2.75) is 11.8 Å². The van der Waals surface area contributed by atoms with E-state index in [9.17, 15) is 8.42 Å². The number of hydrogen-bond donors (Lipinski definition) is 2. The van der Waals surface area contributed by atoms with Gasteiger partial charge in [-0.15, -0.1) is 0 Å². The monoisotopic (exact) mass is 321 g/mol. The van der Waals surface area contributed by atoms with Crippen LogP contribution in [0.1, 0.15) is 11.1 Å². The van der Waals surface area contributed by atoms with Gasteiger partial charge in [0.25, 0.3) is 10.0 Å². The van der Waals surface area contributed by atoms with Crippen LogP contribution in [0.15, 0.2) is 41.3 Å². The first-order valence-corrected chi connectivity index (χ1v) is 7.79. The number of nitrogen functional groups attached to an aromatic ring is 1. The molecule has 0 bridgehead atoms. The molecule has 108 valence electrons. The van der Waals surface area contributed by atoms with Gasteiger partial charge in [-0.2, -0.15) is 5.26 Å². The van der Waals surface area contributed by atoms with Crippen LogP contribution < -0.4 is 10.5 Å². The third kappa shape index (κ3) is 3.10. The van der Waals surface area contributed by atoms with E-state index in [1.54, 1.807) is 25.1 Å². The number of sulfonamides is 1. The molecule has 3 N–H and O–H groups in total. The van der Waals surface area contributed by atoms with Crippen molar-refractivity contribution < 1.29 is 8.42 Å². The minimum atomic E-state index is -3.90. The summed E-state index contributed by atoms with van der Waals surface area (Å²) in [6.45, 7) is 1.71. The Morgan fingerprint density at radius 3 is 2.67 bits per heavy atom. The lowest BCUT2D eigenvalue weighted by atomic mass is 10.2. The molecule has 0 aliphatic heterocycles. The Hall–Kier alpha value is -2.23. The minimum absolute atomic E-state index is 0.0445. The van der Waals surface area contributed by atoms with Crippen molar-refractivity contribution in [3.63, 3.8) is 0 Å². The zero-order chi connectivity index (χ0) is 15.6. The van der Waals surface area contributed by atoms with E-state index in [0.717, 1.165) is 0 Å². The quantitative estimate of drug-likeness (QED) is 0.849. The smallest absolute Gasteiger partial charge is 0.263 e. The van der Waals surface area contributed by atoms with E-state index in [1.165, 1.54) is 18.2 Å². The Kier molecular flexibility index (Phi) is 4.07. The van der Waals surface area contributed by atoms with Gasteiger partial charge in [0.2, 0.25) is 0 Å². The number of rotatable bonds is 3. The molecule has 7 heteroatoms. The second-order valence-corrected chi connectivity index (χ2v) is 6.44. The summed E-state index contributed by atoms with van der Waals surface area (Å²) in [6.07, 6.45) is 0. The fraction of sp³-hybridized carbons (Fsp3) is 0.0714. The summed E-state index contributed by atoms with van der Waals surface area (Å²) >= 11 is 5.92. The average Bonchev–Trinajstić information content (AvgIpc) is 2.44. The molecule has 0 aliphatic carbocycles. The summed E-state index contributed by atoms with van der Waals surface area (Å²) in [5.74, 6) is 0. The summed E-state index contributed by atoms with van der Waals surface area (Å²) in [7, 11) is -3.90. The fourth-order valence-electron chi connectivity index (χ4n) is 1.74. The first-order valence-electron chi connectivity index (χ1n) is 5.92. The van der Waals surface area contributed by atoms with Crippen molar-refractivity contribution in [2.24, 2.45) is 0 Å². The molecule has 0 fully saturated rings. The van der Waals surface area contributed by atoms with Gasteiger partial charge in [-0.1, -0.05) is 17.7 Å². The number of halogens is 1. The highest BCUT2D eigenvalue weighted by Gasteiger charge is 2.19. The molecule has 0 aromatic heterocycles. The summed E-state index contributed by atoms with van der Waals surface area (Å²) in [4.78, 5) is -0.148. The van der Waals surface area contributed by atoms with Crippen LogP contribution in [0.5, 0.6) is 0 Å². The molecular weight excluding hydrogens is 310 g/mol. The van der Waals surface area contributed by atoms with E-state index in [4.69, 9.17) is 22.6 Å². The normalized spacial score (nSPS) is 10.9. The maximum Gasteiger partial charge on any atom is 0.263 e. The topological polar surface area (TPSA) is 96.0 Å². The Morgan fingerprint density at radius 2 is 2.00 bits per heavy atom. The Bertz CT molecular complexity index is 842. The number of nitrogens with zero attached hydrogens (tertiary/aromatic N) is 1. The molecule has 5 nitrogen and oxygen atoms in total. The second-order valence-electron chi connectivity index (χ2n) is 4.38. The minimum Gasteiger partial charge on any atom is -0.398 e. The molecule has 2 aromatic carbocycles. The number of nitrogens with two attached hydrogens (primary N) is 1. The number of nitriles is 1. The van der Waals surface area contributed by atoms with E-state index in [-0.39, 0.29) is 15.5 Å². The molecule has 0 spiro atoms. The molecule has 0 atom stereocenters. The predicted molar refractivity (Wildman–Crippen MR) is 82.6 cm³/mol. The fourth-order valence-corrected chi connectivity index (χ4v) is 3.39. The maximum absolute atomic E-state index is 12.4. The number of anilines is 2. The van der Waals surface area contributed by atoms with E-state index >= 15 is 0 Å². The third-order valence-corrected chi connectivity index (χ3v) is 4.82. The van der Waals surface area contributed by atoms with E-state index in [2.05, 4.69) is 4.72 Å². The highest BCUT2D eigenvalue weighted by molar-refractivity contribution is 7.92. The summed E-state index contributed by atoms with van der Waals surface area (Å²) in [6, 6.07) is 10.9. The number of benzene rings is 2. The van der Waals surface area contributed by atoms with Crippen LogP contribution >= 0.6 is 11.6 Å². The molecule has 2 rings (SSSR count). The highest BCUT2D eigenvalue weighted by Crippen LogP contribution is 2.27. The summed E-state index contributed by atoms with van der Waals surface area (Å²) < 4.78 is 27.3. The van der Waals surface area contributed by atoms with Gasteiger partial charge in [-0.05, 0) is 42.8 Å². The Morgan fingerprint density at radius 1 is 1.29 bits per heavy atom. The van der Waals surface area contributed by atoms with Gasteiger partial charge in [0.15, 0.2) is 0 Å². The molecule has 0 amide bonds. The molecule has 0 saturated carbocycles. The number of nitrogens with one attached hydrogen (secondary N) is 1. The summed E-state index contributed by atoms with van der Waals surface area (Å²) in [5, 5.41) is 8.91. The Labute approximate surface area is 128 Å². The van der Waals surface area contributed by atoms with E-state index in [1.807, 2.05) is 6.07 Å². The third-order valence-electron chi connectivity index (χ3n) is 2.97. The zero-order valence-electron chi connectivity index (χ0n) is 11.1. The lowest BCUT2D eigenvalue weighted by Gasteiger charge is -2.13. The standard InChI is InChI=1S/C14H12ClN3O2S/c1-9-12(17)3-2-4-13(9)18-21(19,20)14-7-10(8-16)5-6-11(14)15/h2-7,18H,17H2,1H3. The first kappa shape index (κ1) is 15.2. The van der Waals surface area contributed by atoms with Crippen molar-refractivity contribution in [2.75, 3.05) is 10.5 Å². The Balaban J connectivity index is 2.49. The summed E-state index contributed by atoms with van der Waals surface area (Å²) in [5.41, 5.74) is 7.43. The van der Waals surface area contributed by atoms with Crippen LogP contribution in [0.25, 0.3) is 0 Å². The van der Waals surface area contributed by atoms with Crippen LogP contribution in [0, 0.1) is 18.3 Å². The molecule has 2 aromatic rings. The van der Waals surface area contributed by atoms with Crippen LogP contribution in [-0.4, -0.2) is 8.42 Å². The molecule has 21 heavy (non-hydrogen) atoms. The van der Waals surface area contributed by atoms with Crippen molar-refractivity contribution in [3.05, 3.63) is 52.5 Å². The van der Waals surface area contributed by atoms with Crippen molar-refractivity contribution in [1.29, 1.82) is 5.26 Å². The van der Waals surface area contributed by atoms with Gasteiger partial charge >= 0.3 is 0 Å². The predicted octanol–water partition coefficient (Wildman–Crippen LogP) is 2.90. The van der Waals surface area contributed by atoms with E-state index < -0.39 is 10.0 Å². The van der Waals surface area contributed by atoms with Crippen molar-refractivity contribution in [3.8, 4) is 6.07 Å². The van der Waals surface area contributed by atoms with Crippen LogP contribution in [0.4, 0.5) is 11.4 Å². The SMILES string of the molecule is Cc1c(N)cccc1NS(=O)(=O)c1cc(C#N)ccc1Cl. The van der Waals surface area contributed by atoms with Gasteiger partial charge in [-0.25, -0.2) is 8.42 Å². The largest absolute Gasteiger partial charge is 0.398 e. The maximum atomic E-state index is 12.4. The average molecular weight is 322 g/mol. The van der Waals surface area contributed by atoms with Crippen LogP contribution in [-0.2, 0) is 10.0 Å². The lowest BCUT2D eigenvalue weighted by molar-refractivity contribution is 0.601. The van der Waals surface area contributed by atoms with Crippen LogP contribution in [0.2, 0.25) is 5.02 Å². The van der Waals surface area contributed by atoms with Crippen molar-refractivity contribution in [1.82, 2.24) is 0 Å². The molecule has 0 aliphatic rings. The molecular formula is C14H12ClN3O2S. The van der Waals surface area contributed by atoms with Gasteiger partial charge < -0.3 is 5.73 Å². The molecule has 0 unspecified atom stereocenters. The van der Waals surface area contributed by atoms with Gasteiger partial charge in [0, 0.05) is 5.69 Å². The molecule has 0 heterocycles. The van der Waals surface area contributed by atoms with Gasteiger partial charge in [0.1, 0.15) is 4.90 Å². The zero-order valence-corrected chi connectivity index (χ0v) is 12.7. The molecule has 0 radical (unpaired) electrons. The lowest BCUT2D eigenvalue weighted by Crippen LogP contribution is -2.15. The highest BCUT2D eigenvalue weighted by atomic mass is 35.5. The number of hydrogen-bond acceptors (Lipinski definition) is 4. The van der Waals surface area contributed by atoms with Crippen LogP contribution in [0.3, 0.4) is 0 Å². The first-order chi connectivity index (χ1) is 9.85. The van der Waals surface area contributed by atoms with Crippen molar-refractivity contribution >= 4 is 33.0 Å². The molecule has 0 saturated heterocycles. The van der Waals surface area contributed by atoms with E-state index in [0.29, 0.717) is 16.9 Å². The van der Waals surface area contributed by atoms with Gasteiger partial charge in [0.05, 0.1) is 22.3 Å².